The van der Waals surface area contributed by atoms with E-state index in [9.17, 15) is 0 Å². The monoisotopic (exact) mass is 294 g/mol. The minimum atomic E-state index is 0.382. The molecule has 2 aromatic carbocycles. The van der Waals surface area contributed by atoms with Gasteiger partial charge in [-0.1, -0.05) is 24.3 Å². The summed E-state index contributed by atoms with van der Waals surface area (Å²) in [5.74, 6) is 0. The zero-order chi connectivity index (χ0) is 14.1. The molecule has 0 saturated carbocycles. The molecule has 1 aliphatic rings. The maximum absolute atomic E-state index is 3.72. The lowest BCUT2D eigenvalue weighted by Gasteiger charge is -2.20. The molecule has 0 spiro atoms. The van der Waals surface area contributed by atoms with Crippen molar-refractivity contribution in [3.05, 3.63) is 65.0 Å². The highest BCUT2D eigenvalue weighted by molar-refractivity contribution is 7.17. The minimum absolute atomic E-state index is 0.382. The van der Waals surface area contributed by atoms with E-state index >= 15 is 0 Å². The molecule has 0 aliphatic carbocycles. The van der Waals surface area contributed by atoms with E-state index in [0.29, 0.717) is 6.04 Å². The maximum atomic E-state index is 3.72. The van der Waals surface area contributed by atoms with Crippen LogP contribution in [0.1, 0.15) is 23.6 Å². The summed E-state index contributed by atoms with van der Waals surface area (Å²) in [7, 11) is 0. The summed E-state index contributed by atoms with van der Waals surface area (Å²) in [6, 6.07) is 18.0. The average molecular weight is 294 g/mol. The number of anilines is 1. The lowest BCUT2D eigenvalue weighted by molar-refractivity contribution is 0.637. The smallest absolute Gasteiger partial charge is 0.0529 e. The van der Waals surface area contributed by atoms with E-state index in [1.165, 1.54) is 26.9 Å². The van der Waals surface area contributed by atoms with Gasteiger partial charge in [-0.2, -0.15) is 0 Å². The number of hydrogen-bond donors (Lipinski definition) is 2. The average Bonchev–Trinajstić information content (AvgIpc) is 2.89. The molecule has 2 nitrogen and oxygen atoms in total. The number of thiophene rings is 1. The van der Waals surface area contributed by atoms with E-state index < -0.39 is 0 Å². The summed E-state index contributed by atoms with van der Waals surface area (Å²) >= 11 is 1.80. The second kappa shape index (κ2) is 5.51. The van der Waals surface area contributed by atoms with Gasteiger partial charge in [0.25, 0.3) is 0 Å². The van der Waals surface area contributed by atoms with Crippen molar-refractivity contribution in [3.8, 4) is 0 Å². The van der Waals surface area contributed by atoms with Crippen LogP contribution in [0.5, 0.6) is 0 Å². The molecule has 0 saturated heterocycles. The third-order valence-electron chi connectivity index (χ3n) is 4.15. The van der Waals surface area contributed by atoms with Crippen LogP contribution in [-0.4, -0.2) is 6.54 Å². The summed E-state index contributed by atoms with van der Waals surface area (Å²) in [6.07, 6.45) is 1.11. The van der Waals surface area contributed by atoms with Crippen LogP contribution >= 0.6 is 11.3 Å². The van der Waals surface area contributed by atoms with Crippen LogP contribution in [0.4, 0.5) is 5.69 Å². The van der Waals surface area contributed by atoms with E-state index in [0.717, 1.165) is 19.5 Å². The lowest BCUT2D eigenvalue weighted by atomic mass is 9.99. The van der Waals surface area contributed by atoms with Crippen molar-refractivity contribution in [2.45, 2.75) is 19.0 Å². The van der Waals surface area contributed by atoms with Gasteiger partial charge in [-0.25, -0.2) is 0 Å². The quantitative estimate of drug-likeness (QED) is 0.724. The molecule has 1 aliphatic heterocycles. The highest BCUT2D eigenvalue weighted by Crippen LogP contribution is 2.30. The van der Waals surface area contributed by atoms with Crippen molar-refractivity contribution in [3.63, 3.8) is 0 Å². The maximum Gasteiger partial charge on any atom is 0.0529 e. The molecule has 2 N–H and O–H groups in total. The topological polar surface area (TPSA) is 24.1 Å². The molecule has 21 heavy (non-hydrogen) atoms. The van der Waals surface area contributed by atoms with Gasteiger partial charge in [-0.15, -0.1) is 11.3 Å². The Labute approximate surface area is 128 Å². The van der Waals surface area contributed by atoms with Gasteiger partial charge in [0.2, 0.25) is 0 Å². The highest BCUT2D eigenvalue weighted by Gasteiger charge is 2.17. The van der Waals surface area contributed by atoms with Crippen molar-refractivity contribution in [1.82, 2.24) is 5.32 Å². The van der Waals surface area contributed by atoms with Gasteiger partial charge in [0, 0.05) is 16.9 Å². The molecular formula is C18H18N2S. The molecule has 4 rings (SSSR count). The first-order valence-corrected chi connectivity index (χ1v) is 8.30. The molecule has 0 fully saturated rings. The van der Waals surface area contributed by atoms with E-state index in [1.54, 1.807) is 11.3 Å². The molecule has 1 aromatic heterocycles. The van der Waals surface area contributed by atoms with Gasteiger partial charge in [0.05, 0.1) is 6.04 Å². The van der Waals surface area contributed by atoms with Gasteiger partial charge >= 0.3 is 0 Å². The number of fused-ring (bicyclic) bond motifs is 2. The van der Waals surface area contributed by atoms with Crippen molar-refractivity contribution < 1.29 is 0 Å². The van der Waals surface area contributed by atoms with Crippen LogP contribution in [0.15, 0.2) is 53.9 Å². The summed E-state index contributed by atoms with van der Waals surface area (Å²) in [5.41, 5.74) is 4.04. The number of rotatable bonds is 2. The minimum Gasteiger partial charge on any atom is -0.378 e. The molecule has 0 radical (unpaired) electrons. The summed E-state index contributed by atoms with van der Waals surface area (Å²) < 4.78 is 1.35. The highest BCUT2D eigenvalue weighted by atomic mass is 32.1. The van der Waals surface area contributed by atoms with E-state index in [2.05, 4.69) is 64.5 Å². The van der Waals surface area contributed by atoms with Gasteiger partial charge in [-0.3, -0.25) is 0 Å². The first kappa shape index (κ1) is 12.9. The van der Waals surface area contributed by atoms with E-state index in [-0.39, 0.29) is 0 Å². The van der Waals surface area contributed by atoms with Crippen molar-refractivity contribution in [2.75, 3.05) is 11.9 Å². The number of benzene rings is 2. The Hall–Kier alpha value is -1.84. The Kier molecular flexibility index (Phi) is 3.37. The van der Waals surface area contributed by atoms with E-state index in [4.69, 9.17) is 0 Å². The van der Waals surface area contributed by atoms with Gasteiger partial charge < -0.3 is 10.6 Å². The summed E-state index contributed by atoms with van der Waals surface area (Å²) in [6.45, 7) is 2.02. The first-order chi connectivity index (χ1) is 10.4. The molecule has 1 unspecified atom stereocenters. The standard InChI is InChI=1S/C18H18N2S/c1-2-4-16-14(3-1)12-19-9-7-17(16)20-15-5-6-18-13(11-15)8-10-21-18/h1-6,8,10-11,17,19-20H,7,9,12H2. The Bertz CT molecular complexity index is 763. The first-order valence-electron chi connectivity index (χ1n) is 7.42. The fourth-order valence-corrected chi connectivity index (χ4v) is 3.84. The van der Waals surface area contributed by atoms with Gasteiger partial charge in [0.1, 0.15) is 0 Å². The molecule has 3 heteroatoms. The van der Waals surface area contributed by atoms with Crippen molar-refractivity contribution >= 4 is 27.1 Å². The largest absolute Gasteiger partial charge is 0.378 e. The van der Waals surface area contributed by atoms with Crippen LogP contribution < -0.4 is 10.6 Å². The van der Waals surface area contributed by atoms with Crippen LogP contribution in [0.3, 0.4) is 0 Å². The van der Waals surface area contributed by atoms with Crippen LogP contribution in [-0.2, 0) is 6.54 Å². The number of hydrogen-bond acceptors (Lipinski definition) is 3. The molecule has 0 bridgehead atoms. The fourth-order valence-electron chi connectivity index (χ4n) is 3.07. The molecule has 1 atom stereocenters. The van der Waals surface area contributed by atoms with Crippen molar-refractivity contribution in [2.24, 2.45) is 0 Å². The van der Waals surface area contributed by atoms with Gasteiger partial charge in [-0.05, 0) is 59.1 Å². The normalized spacial score (nSPS) is 18.2. The zero-order valence-corrected chi connectivity index (χ0v) is 12.6. The summed E-state index contributed by atoms with van der Waals surface area (Å²) in [5, 5.41) is 10.7. The molecule has 3 aromatic rings. The lowest BCUT2D eigenvalue weighted by Crippen LogP contribution is -2.15. The molecular weight excluding hydrogens is 276 g/mol. The molecule has 2 heterocycles. The van der Waals surface area contributed by atoms with E-state index in [1.807, 2.05) is 0 Å². The third-order valence-corrected chi connectivity index (χ3v) is 5.05. The van der Waals surface area contributed by atoms with Crippen LogP contribution in [0, 0.1) is 0 Å². The SMILES string of the molecule is c1ccc2c(c1)CNCCC2Nc1ccc2sccc2c1. The fraction of sp³-hybridized carbons (Fsp3) is 0.222. The Morgan fingerprint density at radius 3 is 3.05 bits per heavy atom. The predicted molar refractivity (Wildman–Crippen MR) is 91.0 cm³/mol. The Morgan fingerprint density at radius 1 is 1.10 bits per heavy atom. The second-order valence-electron chi connectivity index (χ2n) is 5.53. The molecule has 0 amide bonds. The van der Waals surface area contributed by atoms with Crippen LogP contribution in [0.2, 0.25) is 0 Å². The number of nitrogens with one attached hydrogen (secondary N) is 2. The van der Waals surface area contributed by atoms with Crippen LogP contribution in [0.25, 0.3) is 10.1 Å². The Morgan fingerprint density at radius 2 is 2.05 bits per heavy atom. The Balaban J connectivity index is 1.66. The summed E-state index contributed by atoms with van der Waals surface area (Å²) in [4.78, 5) is 0. The predicted octanol–water partition coefficient (Wildman–Crippen LogP) is 4.55. The second-order valence-corrected chi connectivity index (χ2v) is 6.48. The van der Waals surface area contributed by atoms with Gasteiger partial charge in [0.15, 0.2) is 0 Å². The van der Waals surface area contributed by atoms with Crippen molar-refractivity contribution in [1.29, 1.82) is 0 Å². The zero-order valence-electron chi connectivity index (χ0n) is 11.8. The molecule has 106 valence electrons. The third kappa shape index (κ3) is 2.55.